The number of ether oxygens (including phenoxy) is 1. The average molecular weight is 334 g/mol. The van der Waals surface area contributed by atoms with Gasteiger partial charge in [0, 0.05) is 43.8 Å². The van der Waals surface area contributed by atoms with Crippen molar-refractivity contribution in [1.29, 1.82) is 0 Å². The molecule has 128 valence electrons. The summed E-state index contributed by atoms with van der Waals surface area (Å²) in [5, 5.41) is 1.07. The van der Waals surface area contributed by atoms with Crippen LogP contribution in [0.25, 0.3) is 22.3 Å². The summed E-state index contributed by atoms with van der Waals surface area (Å²) in [6.07, 6.45) is 0. The van der Waals surface area contributed by atoms with Crippen LogP contribution in [-0.2, 0) is 4.74 Å². The Labute approximate surface area is 147 Å². The van der Waals surface area contributed by atoms with Crippen molar-refractivity contribution in [3.05, 3.63) is 48.5 Å². The lowest BCUT2D eigenvalue weighted by atomic mass is 10.1. The van der Waals surface area contributed by atoms with E-state index in [1.54, 1.807) is 0 Å². The van der Waals surface area contributed by atoms with Crippen molar-refractivity contribution < 1.29 is 4.74 Å². The highest BCUT2D eigenvalue weighted by atomic mass is 16.5. The molecule has 0 atom stereocenters. The maximum absolute atomic E-state index is 5.45. The topological polar surface area (TPSA) is 41.5 Å². The fourth-order valence-electron chi connectivity index (χ4n) is 3.19. The first-order valence-corrected chi connectivity index (χ1v) is 8.59. The molecule has 1 aromatic heterocycles. The number of nitrogens with zero attached hydrogens (tertiary/aromatic N) is 4. The van der Waals surface area contributed by atoms with Gasteiger partial charge < -0.3 is 14.5 Å². The van der Waals surface area contributed by atoms with Gasteiger partial charge in [-0.3, -0.25) is 0 Å². The third-order valence-corrected chi connectivity index (χ3v) is 4.49. The molecule has 2 aromatic carbocycles. The largest absolute Gasteiger partial charge is 0.378 e. The predicted octanol–water partition coefficient (Wildman–Crippen LogP) is 3.20. The average Bonchev–Trinajstić information content (AvgIpc) is 2.68. The molecule has 0 radical (unpaired) electrons. The molecule has 0 amide bonds. The van der Waals surface area contributed by atoms with Gasteiger partial charge in [0.25, 0.3) is 0 Å². The van der Waals surface area contributed by atoms with Crippen LogP contribution in [0.1, 0.15) is 0 Å². The van der Waals surface area contributed by atoms with Crippen molar-refractivity contribution in [2.75, 3.05) is 50.2 Å². The third kappa shape index (κ3) is 3.15. The fraction of sp³-hybridized carbons (Fsp3) is 0.300. The smallest absolute Gasteiger partial charge is 0.162 e. The van der Waals surface area contributed by atoms with E-state index in [4.69, 9.17) is 14.7 Å². The lowest BCUT2D eigenvalue weighted by molar-refractivity contribution is 0.122. The molecular formula is C20H22N4O. The van der Waals surface area contributed by atoms with Crippen molar-refractivity contribution in [1.82, 2.24) is 9.97 Å². The predicted molar refractivity (Wildman–Crippen MR) is 102 cm³/mol. The summed E-state index contributed by atoms with van der Waals surface area (Å²) in [6, 6.07) is 16.6. The van der Waals surface area contributed by atoms with Gasteiger partial charge in [-0.25, -0.2) is 9.97 Å². The van der Waals surface area contributed by atoms with E-state index in [0.29, 0.717) is 0 Å². The van der Waals surface area contributed by atoms with Crippen molar-refractivity contribution >= 4 is 22.4 Å². The van der Waals surface area contributed by atoms with Crippen LogP contribution >= 0.6 is 0 Å². The van der Waals surface area contributed by atoms with E-state index in [0.717, 1.165) is 54.4 Å². The van der Waals surface area contributed by atoms with Crippen LogP contribution in [0.2, 0.25) is 0 Å². The first-order chi connectivity index (χ1) is 12.2. The Bertz CT molecular complexity index is 888. The Balaban J connectivity index is 1.79. The summed E-state index contributed by atoms with van der Waals surface area (Å²) in [4.78, 5) is 14.0. The van der Waals surface area contributed by atoms with Crippen molar-refractivity contribution in [3.63, 3.8) is 0 Å². The number of anilines is 2. The third-order valence-electron chi connectivity index (χ3n) is 4.49. The first kappa shape index (κ1) is 15.8. The zero-order valence-electron chi connectivity index (χ0n) is 14.6. The fourth-order valence-corrected chi connectivity index (χ4v) is 3.19. The highest BCUT2D eigenvalue weighted by Crippen LogP contribution is 2.28. The molecule has 0 unspecified atom stereocenters. The number of morpholine rings is 1. The van der Waals surface area contributed by atoms with E-state index in [1.807, 2.05) is 37.2 Å². The molecule has 5 heteroatoms. The molecule has 4 rings (SSSR count). The molecule has 0 N–H and O–H groups in total. The van der Waals surface area contributed by atoms with E-state index in [-0.39, 0.29) is 0 Å². The van der Waals surface area contributed by atoms with Crippen LogP contribution in [0.4, 0.5) is 11.5 Å². The van der Waals surface area contributed by atoms with E-state index in [1.165, 1.54) is 5.69 Å². The van der Waals surface area contributed by atoms with E-state index in [2.05, 4.69) is 35.2 Å². The molecule has 0 saturated carbocycles. The zero-order chi connectivity index (χ0) is 17.2. The molecule has 1 aliphatic rings. The second-order valence-corrected chi connectivity index (χ2v) is 6.43. The van der Waals surface area contributed by atoms with Crippen LogP contribution < -0.4 is 9.80 Å². The standard InChI is InChI=1S/C20H22N4O/c1-23(2)20-17-8-3-4-9-18(17)21-19(22-20)15-6-5-7-16(14-15)24-10-12-25-13-11-24/h3-9,14H,10-13H2,1-2H3. The van der Waals surface area contributed by atoms with Gasteiger partial charge in [0.15, 0.2) is 5.82 Å². The molecule has 2 heterocycles. The van der Waals surface area contributed by atoms with Crippen LogP contribution in [0, 0.1) is 0 Å². The lowest BCUT2D eigenvalue weighted by Gasteiger charge is -2.29. The minimum absolute atomic E-state index is 0.762. The molecule has 0 aliphatic carbocycles. The number of para-hydroxylation sites is 1. The summed E-state index contributed by atoms with van der Waals surface area (Å²) in [5.74, 6) is 1.70. The summed E-state index contributed by atoms with van der Waals surface area (Å²) in [5.41, 5.74) is 3.20. The molecule has 5 nitrogen and oxygen atoms in total. The van der Waals surface area contributed by atoms with Crippen molar-refractivity contribution in [2.24, 2.45) is 0 Å². The van der Waals surface area contributed by atoms with Crippen molar-refractivity contribution in [2.45, 2.75) is 0 Å². The van der Waals surface area contributed by atoms with Gasteiger partial charge in [0.05, 0.1) is 18.7 Å². The van der Waals surface area contributed by atoms with Gasteiger partial charge in [0.2, 0.25) is 0 Å². The number of aromatic nitrogens is 2. The maximum atomic E-state index is 5.45. The van der Waals surface area contributed by atoms with Crippen LogP contribution in [-0.4, -0.2) is 50.4 Å². The summed E-state index contributed by atoms with van der Waals surface area (Å²) < 4.78 is 5.45. The quantitative estimate of drug-likeness (QED) is 0.736. The Morgan fingerprint density at radius 3 is 2.56 bits per heavy atom. The molecule has 0 bridgehead atoms. The minimum atomic E-state index is 0.762. The van der Waals surface area contributed by atoms with Crippen LogP contribution in [0.5, 0.6) is 0 Å². The van der Waals surface area contributed by atoms with Crippen LogP contribution in [0.15, 0.2) is 48.5 Å². The Morgan fingerprint density at radius 2 is 1.76 bits per heavy atom. The highest BCUT2D eigenvalue weighted by molar-refractivity contribution is 5.91. The summed E-state index contributed by atoms with van der Waals surface area (Å²) in [6.45, 7) is 3.40. The zero-order valence-corrected chi connectivity index (χ0v) is 14.6. The van der Waals surface area contributed by atoms with Crippen molar-refractivity contribution in [3.8, 4) is 11.4 Å². The van der Waals surface area contributed by atoms with Gasteiger partial charge in [-0.2, -0.15) is 0 Å². The molecular weight excluding hydrogens is 312 g/mol. The second-order valence-electron chi connectivity index (χ2n) is 6.43. The number of hydrogen-bond donors (Lipinski definition) is 0. The second kappa shape index (κ2) is 6.69. The first-order valence-electron chi connectivity index (χ1n) is 8.59. The number of fused-ring (bicyclic) bond motifs is 1. The highest BCUT2D eigenvalue weighted by Gasteiger charge is 2.14. The molecule has 1 fully saturated rings. The van der Waals surface area contributed by atoms with E-state index >= 15 is 0 Å². The van der Waals surface area contributed by atoms with Gasteiger partial charge >= 0.3 is 0 Å². The summed E-state index contributed by atoms with van der Waals surface area (Å²) >= 11 is 0. The molecule has 1 saturated heterocycles. The Morgan fingerprint density at radius 1 is 0.960 bits per heavy atom. The van der Waals surface area contributed by atoms with E-state index < -0.39 is 0 Å². The molecule has 1 aliphatic heterocycles. The monoisotopic (exact) mass is 334 g/mol. The summed E-state index contributed by atoms with van der Waals surface area (Å²) in [7, 11) is 4.03. The Hall–Kier alpha value is -2.66. The SMILES string of the molecule is CN(C)c1nc(-c2cccc(N3CCOCC3)c2)nc2ccccc12. The lowest BCUT2D eigenvalue weighted by Crippen LogP contribution is -2.36. The van der Waals surface area contributed by atoms with Gasteiger partial charge in [-0.05, 0) is 24.3 Å². The molecule has 25 heavy (non-hydrogen) atoms. The number of rotatable bonds is 3. The van der Waals surface area contributed by atoms with Crippen LogP contribution in [0.3, 0.4) is 0 Å². The maximum Gasteiger partial charge on any atom is 0.162 e. The Kier molecular flexibility index (Phi) is 4.24. The molecule has 0 spiro atoms. The molecule has 3 aromatic rings. The number of hydrogen-bond acceptors (Lipinski definition) is 5. The normalized spacial score (nSPS) is 14.7. The number of benzene rings is 2. The van der Waals surface area contributed by atoms with Gasteiger partial charge in [-0.1, -0.05) is 24.3 Å². The van der Waals surface area contributed by atoms with Gasteiger partial charge in [0.1, 0.15) is 5.82 Å². The van der Waals surface area contributed by atoms with E-state index in [9.17, 15) is 0 Å². The van der Waals surface area contributed by atoms with Gasteiger partial charge in [-0.15, -0.1) is 0 Å². The minimum Gasteiger partial charge on any atom is -0.378 e.